The number of aromatic nitrogens is 2. The average Bonchev–Trinajstić information content (AvgIpc) is 2.26. The highest BCUT2D eigenvalue weighted by Gasteiger charge is 2.05. The topological polar surface area (TPSA) is 61.0 Å². The number of nitrogens with zero attached hydrogens (tertiary/aromatic N) is 2. The lowest BCUT2D eigenvalue weighted by Crippen LogP contribution is -2.00. The predicted octanol–water partition coefficient (Wildman–Crippen LogP) is 3.72. The molecule has 0 aliphatic heterocycles. The normalized spacial score (nSPS) is 10.4. The van der Waals surface area contributed by atoms with E-state index in [9.17, 15) is 0 Å². The Morgan fingerprint density at radius 2 is 1.78 bits per heavy atom. The minimum absolute atomic E-state index is 0.366. The summed E-state index contributed by atoms with van der Waals surface area (Å²) in [4.78, 5) is 8.27. The molecule has 0 spiro atoms. The molecule has 6 heteroatoms. The van der Waals surface area contributed by atoms with Crippen molar-refractivity contribution >= 4 is 29.0 Å². The van der Waals surface area contributed by atoms with Gasteiger partial charge in [0.15, 0.2) is 0 Å². The quantitative estimate of drug-likeness (QED) is 0.933. The molecule has 0 atom stereocenters. The zero-order valence-corrected chi connectivity index (χ0v) is 11.2. The Kier molecular flexibility index (Phi) is 3.89. The van der Waals surface area contributed by atoms with Crippen LogP contribution in [0.2, 0.25) is 10.0 Å². The van der Waals surface area contributed by atoms with Crippen LogP contribution in [0, 0.1) is 0 Å². The van der Waals surface area contributed by atoms with Crippen molar-refractivity contribution < 1.29 is 4.74 Å². The molecule has 0 aliphatic rings. The van der Waals surface area contributed by atoms with Crippen molar-refractivity contribution in [1.82, 2.24) is 9.97 Å². The summed E-state index contributed by atoms with van der Waals surface area (Å²) in [6.07, 6.45) is 0.678. The first-order valence-electron chi connectivity index (χ1n) is 5.34. The van der Waals surface area contributed by atoms with Crippen LogP contribution < -0.4 is 10.5 Å². The maximum Gasteiger partial charge on any atom is 0.224 e. The molecule has 0 radical (unpaired) electrons. The van der Waals surface area contributed by atoms with Crippen LogP contribution in [-0.4, -0.2) is 9.97 Å². The number of nitrogens with two attached hydrogens (primary N) is 1. The van der Waals surface area contributed by atoms with E-state index in [1.807, 2.05) is 6.92 Å². The minimum Gasteiger partial charge on any atom is -0.439 e. The van der Waals surface area contributed by atoms with E-state index < -0.39 is 0 Å². The molecule has 2 aromatic rings. The van der Waals surface area contributed by atoms with E-state index in [-0.39, 0.29) is 0 Å². The zero-order chi connectivity index (χ0) is 13.1. The first-order valence-corrected chi connectivity index (χ1v) is 6.10. The first kappa shape index (κ1) is 12.9. The fourth-order valence-electron chi connectivity index (χ4n) is 1.41. The van der Waals surface area contributed by atoms with Crippen molar-refractivity contribution in [3.05, 3.63) is 40.1 Å². The van der Waals surface area contributed by atoms with Crippen LogP contribution in [0.3, 0.4) is 0 Å². The van der Waals surface area contributed by atoms with E-state index in [0.29, 0.717) is 39.7 Å². The van der Waals surface area contributed by atoms with E-state index in [2.05, 4.69) is 9.97 Å². The van der Waals surface area contributed by atoms with Crippen molar-refractivity contribution in [2.24, 2.45) is 0 Å². The third kappa shape index (κ3) is 3.24. The number of ether oxygens (including phenoxy) is 1. The van der Waals surface area contributed by atoms with Gasteiger partial charge in [0.05, 0.1) is 0 Å². The maximum atomic E-state index is 5.88. The number of anilines is 1. The van der Waals surface area contributed by atoms with Crippen molar-refractivity contribution in [1.29, 1.82) is 0 Å². The van der Waals surface area contributed by atoms with Gasteiger partial charge in [-0.3, -0.25) is 0 Å². The van der Waals surface area contributed by atoms with E-state index in [0.717, 1.165) is 0 Å². The minimum atomic E-state index is 0.366. The van der Waals surface area contributed by atoms with Gasteiger partial charge in [0, 0.05) is 22.5 Å². The summed E-state index contributed by atoms with van der Waals surface area (Å²) in [5, 5.41) is 0.991. The van der Waals surface area contributed by atoms with Crippen molar-refractivity contribution in [3.8, 4) is 11.6 Å². The summed E-state index contributed by atoms with van der Waals surface area (Å²) in [5.41, 5.74) is 5.67. The lowest BCUT2D eigenvalue weighted by Gasteiger charge is -2.07. The molecule has 2 rings (SSSR count). The second-order valence-corrected chi connectivity index (χ2v) is 4.48. The van der Waals surface area contributed by atoms with Gasteiger partial charge in [0.1, 0.15) is 17.4 Å². The van der Waals surface area contributed by atoms with Crippen LogP contribution in [0.25, 0.3) is 0 Å². The molecule has 1 aromatic carbocycles. The van der Waals surface area contributed by atoms with E-state index in [4.69, 9.17) is 33.7 Å². The van der Waals surface area contributed by atoms with Crippen LogP contribution in [-0.2, 0) is 6.42 Å². The Hall–Kier alpha value is -1.52. The molecule has 18 heavy (non-hydrogen) atoms. The van der Waals surface area contributed by atoms with Gasteiger partial charge in [-0.15, -0.1) is 0 Å². The number of halogens is 2. The van der Waals surface area contributed by atoms with Gasteiger partial charge in [0.25, 0.3) is 0 Å². The van der Waals surface area contributed by atoms with Gasteiger partial charge in [-0.1, -0.05) is 30.1 Å². The molecule has 1 aromatic heterocycles. The molecule has 1 heterocycles. The van der Waals surface area contributed by atoms with Crippen LogP contribution in [0.4, 0.5) is 5.82 Å². The molecule has 0 fully saturated rings. The Morgan fingerprint density at radius 3 is 2.39 bits per heavy atom. The summed E-state index contributed by atoms with van der Waals surface area (Å²) in [6, 6.07) is 6.48. The Balaban J connectivity index is 2.30. The molecule has 4 nitrogen and oxygen atoms in total. The number of hydrogen-bond donors (Lipinski definition) is 1. The Morgan fingerprint density at radius 1 is 1.11 bits per heavy atom. The molecule has 0 bridgehead atoms. The third-order valence-corrected chi connectivity index (χ3v) is 2.58. The largest absolute Gasteiger partial charge is 0.439 e. The predicted molar refractivity (Wildman–Crippen MR) is 72.4 cm³/mol. The molecule has 94 valence electrons. The van der Waals surface area contributed by atoms with E-state index in [1.54, 1.807) is 24.3 Å². The van der Waals surface area contributed by atoms with Gasteiger partial charge >= 0.3 is 0 Å². The number of hydrogen-bond acceptors (Lipinski definition) is 4. The summed E-state index contributed by atoms with van der Waals surface area (Å²) in [6.45, 7) is 1.94. The van der Waals surface area contributed by atoms with Gasteiger partial charge in [0.2, 0.25) is 5.88 Å². The molecular formula is C12H11Cl2N3O. The second kappa shape index (κ2) is 5.42. The molecule has 0 unspecified atom stereocenters. The number of benzene rings is 1. The third-order valence-electron chi connectivity index (χ3n) is 2.14. The smallest absolute Gasteiger partial charge is 0.224 e. The lowest BCUT2D eigenvalue weighted by atomic mass is 10.3. The fourth-order valence-corrected chi connectivity index (χ4v) is 1.92. The summed E-state index contributed by atoms with van der Waals surface area (Å²) >= 11 is 11.8. The highest BCUT2D eigenvalue weighted by molar-refractivity contribution is 6.34. The van der Waals surface area contributed by atoms with Crippen LogP contribution in [0.5, 0.6) is 11.6 Å². The van der Waals surface area contributed by atoms with Gasteiger partial charge in [-0.05, 0) is 18.2 Å². The lowest BCUT2D eigenvalue weighted by molar-refractivity contribution is 0.459. The second-order valence-electron chi connectivity index (χ2n) is 3.61. The van der Waals surface area contributed by atoms with Gasteiger partial charge in [-0.25, -0.2) is 4.98 Å². The van der Waals surface area contributed by atoms with Crippen molar-refractivity contribution in [2.75, 3.05) is 5.73 Å². The molecule has 0 saturated heterocycles. The number of aryl methyl sites for hydroxylation is 1. The molecule has 2 N–H and O–H groups in total. The molecule has 0 aliphatic carbocycles. The zero-order valence-electron chi connectivity index (χ0n) is 9.65. The monoisotopic (exact) mass is 283 g/mol. The van der Waals surface area contributed by atoms with E-state index in [1.165, 1.54) is 0 Å². The Bertz CT molecular complexity index is 555. The van der Waals surface area contributed by atoms with Crippen LogP contribution in [0.1, 0.15) is 12.7 Å². The van der Waals surface area contributed by atoms with Crippen molar-refractivity contribution in [2.45, 2.75) is 13.3 Å². The fraction of sp³-hybridized carbons (Fsp3) is 0.167. The SMILES string of the molecule is CCc1nc(N)cc(Oc2cc(Cl)cc(Cl)c2)n1. The van der Waals surface area contributed by atoms with Gasteiger partial charge in [-0.2, -0.15) is 4.98 Å². The first-order chi connectivity index (χ1) is 8.56. The summed E-state index contributed by atoms with van der Waals surface area (Å²) in [5.74, 6) is 1.87. The van der Waals surface area contributed by atoms with Crippen molar-refractivity contribution in [3.63, 3.8) is 0 Å². The number of rotatable bonds is 3. The molecule has 0 saturated carbocycles. The van der Waals surface area contributed by atoms with Crippen LogP contribution >= 0.6 is 23.2 Å². The van der Waals surface area contributed by atoms with Gasteiger partial charge < -0.3 is 10.5 Å². The Labute approximate surface area is 115 Å². The van der Waals surface area contributed by atoms with Crippen LogP contribution in [0.15, 0.2) is 24.3 Å². The average molecular weight is 284 g/mol. The molecule has 0 amide bonds. The highest BCUT2D eigenvalue weighted by atomic mass is 35.5. The standard InChI is InChI=1S/C12H11Cl2N3O/c1-2-11-16-10(15)6-12(17-11)18-9-4-7(13)3-8(14)5-9/h3-6H,2H2,1H3,(H2,15,16,17). The number of nitrogen functional groups attached to an aromatic ring is 1. The van der Waals surface area contributed by atoms with E-state index >= 15 is 0 Å². The maximum absolute atomic E-state index is 5.88. The molecular weight excluding hydrogens is 273 g/mol. The summed E-state index contributed by atoms with van der Waals surface area (Å²) in [7, 11) is 0. The summed E-state index contributed by atoms with van der Waals surface area (Å²) < 4.78 is 5.56. The highest BCUT2D eigenvalue weighted by Crippen LogP contribution is 2.27.